The van der Waals surface area contributed by atoms with Crippen molar-refractivity contribution >= 4 is 23.1 Å². The molecule has 164 valence electrons. The second kappa shape index (κ2) is 7.83. The summed E-state index contributed by atoms with van der Waals surface area (Å²) in [6.07, 6.45) is 3.00. The number of aliphatic imine (C=N–C) groups is 1. The lowest BCUT2D eigenvalue weighted by atomic mass is 9.67. The Hall–Kier alpha value is -2.16. The average molecular weight is 421 g/mol. The number of nitrogens with zero attached hydrogens (tertiary/aromatic N) is 3. The van der Waals surface area contributed by atoms with Gasteiger partial charge in [-0.1, -0.05) is 6.92 Å². The maximum Gasteiger partial charge on any atom is 0.248 e. The van der Waals surface area contributed by atoms with E-state index < -0.39 is 12.0 Å². The van der Waals surface area contributed by atoms with Crippen molar-refractivity contribution in [3.05, 3.63) is 11.8 Å². The van der Waals surface area contributed by atoms with Crippen molar-refractivity contribution in [3.8, 4) is 0 Å². The Morgan fingerprint density at radius 1 is 1.37 bits per heavy atom. The highest BCUT2D eigenvalue weighted by molar-refractivity contribution is 6.45. The maximum absolute atomic E-state index is 13.6. The summed E-state index contributed by atoms with van der Waals surface area (Å²) in [6.45, 7) is 3.74. The Bertz CT molecular complexity index is 869. The smallest absolute Gasteiger partial charge is 0.248 e. The molecule has 3 aliphatic rings. The van der Waals surface area contributed by atoms with Gasteiger partial charge in [0.1, 0.15) is 0 Å². The van der Waals surface area contributed by atoms with Crippen LogP contribution >= 0.6 is 0 Å². The number of amides is 1. The van der Waals surface area contributed by atoms with Crippen LogP contribution in [-0.4, -0.2) is 50.8 Å². The molecule has 1 amide bonds. The van der Waals surface area contributed by atoms with E-state index in [1.165, 1.54) is 0 Å². The second-order valence-electron chi connectivity index (χ2n) is 8.97. The van der Waals surface area contributed by atoms with Gasteiger partial charge < -0.3 is 15.8 Å². The molecule has 30 heavy (non-hydrogen) atoms. The Morgan fingerprint density at radius 2 is 2.07 bits per heavy atom. The molecule has 0 bridgehead atoms. The zero-order valence-corrected chi connectivity index (χ0v) is 17.4. The molecule has 4 atom stereocenters. The van der Waals surface area contributed by atoms with Gasteiger partial charge in [-0.3, -0.25) is 4.79 Å². The molecule has 4 rings (SSSR count). The molecule has 1 aliphatic heterocycles. The lowest BCUT2D eigenvalue weighted by Gasteiger charge is -2.38. The lowest BCUT2D eigenvalue weighted by molar-refractivity contribution is -0.129. The first-order valence-electron chi connectivity index (χ1n) is 10.8. The monoisotopic (exact) mass is 421 g/mol. The Kier molecular flexibility index (Phi) is 5.50. The zero-order valence-electron chi connectivity index (χ0n) is 17.4. The molecule has 3 N–H and O–H groups in total. The van der Waals surface area contributed by atoms with Crippen molar-refractivity contribution in [2.45, 2.75) is 76.4 Å². The molecular formula is C21H29F2N5O2. The van der Waals surface area contributed by atoms with Crippen LogP contribution in [-0.2, 0) is 4.79 Å². The van der Waals surface area contributed by atoms with Crippen molar-refractivity contribution in [2.75, 3.05) is 6.54 Å². The van der Waals surface area contributed by atoms with E-state index in [4.69, 9.17) is 10.4 Å². The first-order valence-corrected chi connectivity index (χ1v) is 10.8. The molecule has 2 aliphatic carbocycles. The number of aliphatic hydroxyl groups is 1. The topological polar surface area (TPSA) is 103 Å². The van der Waals surface area contributed by atoms with E-state index >= 15 is 0 Å². The zero-order chi connectivity index (χ0) is 21.6. The summed E-state index contributed by atoms with van der Waals surface area (Å²) < 4.78 is 28.9. The number of alkyl halides is 2. The standard InChI is InChI=1S/C21H29F2N5O2/c1-11(29)9-25-20(30)15-4-3-14(15)18-17(24)12(2)16-10-26-28(19(16)27-18)13-5-7-21(22,23)8-6-13/h10-15,24,29H,3-9H2,1-2H3,(H,25,30)/t11?,12?,14-,15-/m1/s1. The van der Waals surface area contributed by atoms with Gasteiger partial charge in [0.05, 0.1) is 29.8 Å². The quantitative estimate of drug-likeness (QED) is 0.679. The van der Waals surface area contributed by atoms with Crippen LogP contribution in [0.25, 0.3) is 0 Å². The van der Waals surface area contributed by atoms with E-state index in [2.05, 4.69) is 10.4 Å². The molecule has 0 aromatic carbocycles. The molecule has 2 unspecified atom stereocenters. The number of fused-ring (bicyclic) bond motifs is 1. The molecule has 1 aromatic heterocycles. The highest BCUT2D eigenvalue weighted by Gasteiger charge is 2.44. The van der Waals surface area contributed by atoms with Crippen molar-refractivity contribution in [1.82, 2.24) is 15.1 Å². The number of carbonyl (C=O) groups is 1. The van der Waals surface area contributed by atoms with Crippen LogP contribution < -0.4 is 5.32 Å². The fourth-order valence-corrected chi connectivity index (χ4v) is 4.68. The SMILES string of the molecule is CC(O)CNC(=O)[C@@H]1CC[C@H]1C1=Nc2c(cnn2C2CCC(F)(F)CC2)C(C)C1=N. The molecular weight excluding hydrogens is 392 g/mol. The molecule has 0 saturated heterocycles. The summed E-state index contributed by atoms with van der Waals surface area (Å²) in [7, 11) is 0. The predicted molar refractivity (Wildman–Crippen MR) is 109 cm³/mol. The van der Waals surface area contributed by atoms with Gasteiger partial charge in [-0.2, -0.15) is 5.10 Å². The number of rotatable bonds is 5. The molecule has 7 nitrogen and oxygen atoms in total. The van der Waals surface area contributed by atoms with Gasteiger partial charge in [-0.25, -0.2) is 18.5 Å². The second-order valence-corrected chi connectivity index (χ2v) is 8.97. The lowest BCUT2D eigenvalue weighted by Crippen LogP contribution is -2.48. The van der Waals surface area contributed by atoms with Crippen LogP contribution in [0.1, 0.15) is 69.9 Å². The third-order valence-electron chi connectivity index (χ3n) is 6.76. The fraction of sp³-hybridized carbons (Fsp3) is 0.714. The largest absolute Gasteiger partial charge is 0.392 e. The molecule has 2 fully saturated rings. The van der Waals surface area contributed by atoms with Crippen LogP contribution in [0.3, 0.4) is 0 Å². The van der Waals surface area contributed by atoms with Crippen molar-refractivity contribution in [3.63, 3.8) is 0 Å². The molecule has 0 radical (unpaired) electrons. The number of nitrogens with one attached hydrogen (secondary N) is 2. The third-order valence-corrected chi connectivity index (χ3v) is 6.76. The Morgan fingerprint density at radius 3 is 2.67 bits per heavy atom. The third kappa shape index (κ3) is 3.79. The predicted octanol–water partition coefficient (Wildman–Crippen LogP) is 3.37. The summed E-state index contributed by atoms with van der Waals surface area (Å²) in [5.74, 6) is -2.68. The Labute approximate surface area is 174 Å². The van der Waals surface area contributed by atoms with Gasteiger partial charge in [-0.05, 0) is 32.6 Å². The van der Waals surface area contributed by atoms with Gasteiger partial charge in [0.2, 0.25) is 11.8 Å². The van der Waals surface area contributed by atoms with Gasteiger partial charge in [0.15, 0.2) is 5.82 Å². The van der Waals surface area contributed by atoms with Crippen LogP contribution in [0.4, 0.5) is 14.6 Å². The van der Waals surface area contributed by atoms with Crippen molar-refractivity contribution in [2.24, 2.45) is 16.8 Å². The molecule has 0 spiro atoms. The van der Waals surface area contributed by atoms with E-state index in [-0.39, 0.29) is 49.1 Å². The minimum atomic E-state index is -2.61. The first kappa shape index (κ1) is 21.1. The first-order chi connectivity index (χ1) is 14.2. The highest BCUT2D eigenvalue weighted by Crippen LogP contribution is 2.45. The van der Waals surface area contributed by atoms with Gasteiger partial charge >= 0.3 is 0 Å². The molecule has 2 heterocycles. The fourth-order valence-electron chi connectivity index (χ4n) is 4.68. The number of aliphatic hydroxyl groups excluding tert-OH is 1. The normalized spacial score (nSPS) is 29.6. The summed E-state index contributed by atoms with van der Waals surface area (Å²) >= 11 is 0. The van der Waals surface area contributed by atoms with Crippen LogP contribution in [0.5, 0.6) is 0 Å². The summed E-state index contributed by atoms with van der Waals surface area (Å²) in [4.78, 5) is 17.3. The van der Waals surface area contributed by atoms with Crippen LogP contribution in [0.15, 0.2) is 11.2 Å². The van der Waals surface area contributed by atoms with Crippen molar-refractivity contribution in [1.29, 1.82) is 5.41 Å². The summed E-state index contributed by atoms with van der Waals surface area (Å²) in [5, 5.41) is 25.2. The van der Waals surface area contributed by atoms with Gasteiger partial charge in [-0.15, -0.1) is 0 Å². The minimum Gasteiger partial charge on any atom is -0.392 e. The van der Waals surface area contributed by atoms with E-state index in [1.807, 2.05) is 6.92 Å². The van der Waals surface area contributed by atoms with Crippen molar-refractivity contribution < 1.29 is 18.7 Å². The minimum absolute atomic E-state index is 0.121. The number of hydrogen-bond donors (Lipinski definition) is 3. The van der Waals surface area contributed by atoms with E-state index in [0.29, 0.717) is 30.1 Å². The number of halogens is 2. The van der Waals surface area contributed by atoms with Crippen LogP contribution in [0, 0.1) is 17.2 Å². The van der Waals surface area contributed by atoms with Gasteiger partial charge in [0.25, 0.3) is 0 Å². The number of hydrogen-bond acceptors (Lipinski definition) is 5. The van der Waals surface area contributed by atoms with Crippen LogP contribution in [0.2, 0.25) is 0 Å². The summed E-state index contributed by atoms with van der Waals surface area (Å²) in [5.41, 5.74) is 1.85. The average Bonchev–Trinajstić information content (AvgIpc) is 3.07. The molecule has 9 heteroatoms. The van der Waals surface area contributed by atoms with E-state index in [9.17, 15) is 18.7 Å². The Balaban J connectivity index is 1.57. The van der Waals surface area contributed by atoms with Gasteiger partial charge in [0, 0.05) is 42.7 Å². The molecule has 1 aromatic rings. The van der Waals surface area contributed by atoms with E-state index in [1.54, 1.807) is 17.8 Å². The van der Waals surface area contributed by atoms with E-state index in [0.717, 1.165) is 18.4 Å². The maximum atomic E-state index is 13.6. The summed E-state index contributed by atoms with van der Waals surface area (Å²) in [6, 6.07) is -0.121. The molecule has 2 saturated carbocycles. The number of carbonyl (C=O) groups excluding carboxylic acids is 1. The highest BCUT2D eigenvalue weighted by atomic mass is 19.3. The number of aromatic nitrogens is 2.